The van der Waals surface area contributed by atoms with E-state index in [9.17, 15) is 0 Å². The highest BCUT2D eigenvalue weighted by Crippen LogP contribution is 2.15. The van der Waals surface area contributed by atoms with E-state index in [0.717, 1.165) is 18.4 Å². The molecule has 0 unspecified atom stereocenters. The smallest absolute Gasteiger partial charge is 0.187 e. The van der Waals surface area contributed by atoms with Crippen molar-refractivity contribution in [2.24, 2.45) is 0 Å². The van der Waals surface area contributed by atoms with Gasteiger partial charge in [-0.3, -0.25) is 0 Å². The Hall–Kier alpha value is -0.210. The second-order valence-corrected chi connectivity index (χ2v) is 4.08. The van der Waals surface area contributed by atoms with Crippen LogP contribution in [0.5, 0.6) is 0 Å². The maximum absolute atomic E-state index is 5.59. The lowest BCUT2D eigenvalue weighted by Gasteiger charge is -2.18. The lowest BCUT2D eigenvalue weighted by molar-refractivity contribution is -0.112. The maximum atomic E-state index is 5.59. The molecule has 16 heavy (non-hydrogen) atoms. The third kappa shape index (κ3) is 7.13. The number of hydrogen-bond donors (Lipinski definition) is 0. The molecule has 0 aromatic heterocycles. The molecule has 0 fully saturated rings. The Morgan fingerprint density at radius 2 is 1.88 bits per heavy atom. The fourth-order valence-corrected chi connectivity index (χ4v) is 1.58. The van der Waals surface area contributed by atoms with E-state index in [0.29, 0.717) is 13.2 Å². The highest BCUT2D eigenvalue weighted by atomic mass is 32.2. The molecule has 0 radical (unpaired) electrons. The van der Waals surface area contributed by atoms with Crippen molar-refractivity contribution in [1.29, 1.82) is 0 Å². The van der Waals surface area contributed by atoms with Gasteiger partial charge in [0.05, 0.1) is 0 Å². The molecule has 0 N–H and O–H groups in total. The number of rotatable bonds is 9. The first-order valence-electron chi connectivity index (χ1n) is 5.99. The Kier molecular flexibility index (Phi) is 11.1. The molecule has 0 amide bonds. The average molecular weight is 244 g/mol. The van der Waals surface area contributed by atoms with Crippen LogP contribution in [0.3, 0.4) is 0 Å². The quantitative estimate of drug-likeness (QED) is 0.451. The zero-order chi connectivity index (χ0) is 12.2. The second-order valence-electron chi connectivity index (χ2n) is 3.37. The summed E-state index contributed by atoms with van der Waals surface area (Å²) in [5.74, 6) is 0. The number of unbranched alkanes of at least 4 members (excludes halogenated alkanes) is 1. The molecule has 0 rings (SSSR count). The molecule has 0 aliphatic rings. The van der Waals surface area contributed by atoms with Gasteiger partial charge in [-0.05, 0) is 32.9 Å². The molecule has 2 nitrogen and oxygen atoms in total. The number of thioether (sulfide) groups is 1. The van der Waals surface area contributed by atoms with Gasteiger partial charge in [0.2, 0.25) is 0 Å². The van der Waals surface area contributed by atoms with Crippen molar-refractivity contribution in [2.45, 2.75) is 46.3 Å². The fourth-order valence-electron chi connectivity index (χ4n) is 1.31. The molecule has 3 heteroatoms. The maximum Gasteiger partial charge on any atom is 0.187 e. The van der Waals surface area contributed by atoms with Crippen LogP contribution in [0.2, 0.25) is 0 Å². The van der Waals surface area contributed by atoms with Gasteiger partial charge in [-0.2, -0.15) is 0 Å². The van der Waals surface area contributed by atoms with Crippen molar-refractivity contribution in [1.82, 2.24) is 0 Å². The van der Waals surface area contributed by atoms with Crippen LogP contribution in [0.4, 0.5) is 0 Å². The zero-order valence-corrected chi connectivity index (χ0v) is 11.7. The molecule has 0 heterocycles. The third-order valence-electron chi connectivity index (χ3n) is 2.08. The third-order valence-corrected chi connectivity index (χ3v) is 2.44. The van der Waals surface area contributed by atoms with Gasteiger partial charge >= 0.3 is 0 Å². The molecule has 0 saturated carbocycles. The number of ether oxygens (including phenoxy) is 2. The molecule has 0 atom stereocenters. The first-order chi connectivity index (χ1) is 7.79. The van der Waals surface area contributed by atoms with Gasteiger partial charge < -0.3 is 9.47 Å². The van der Waals surface area contributed by atoms with E-state index in [1.54, 1.807) is 11.8 Å². The highest BCUT2D eigenvalue weighted by Gasteiger charge is 2.13. The first-order valence-corrected chi connectivity index (χ1v) is 7.28. The van der Waals surface area contributed by atoms with E-state index in [2.05, 4.69) is 12.7 Å². The topological polar surface area (TPSA) is 18.5 Å². The summed E-state index contributed by atoms with van der Waals surface area (Å²) in [6, 6.07) is 0. The molecule has 0 spiro atoms. The standard InChI is InChI=1S/C13H24O2S/c1-5-8-9-12(10-11-16-4)13(14-6-2)15-7-3/h11,13H,5-9H2,1-4H3. The highest BCUT2D eigenvalue weighted by molar-refractivity contribution is 8.01. The molecule has 0 aliphatic carbocycles. The van der Waals surface area contributed by atoms with Crippen molar-refractivity contribution in [3.05, 3.63) is 16.7 Å². The zero-order valence-electron chi connectivity index (χ0n) is 10.9. The summed E-state index contributed by atoms with van der Waals surface area (Å²) in [7, 11) is 0. The molecule has 0 saturated heterocycles. The molecule has 94 valence electrons. The average Bonchev–Trinajstić information content (AvgIpc) is 2.29. The van der Waals surface area contributed by atoms with Crippen LogP contribution in [-0.2, 0) is 9.47 Å². The van der Waals surface area contributed by atoms with Gasteiger partial charge in [-0.15, -0.1) is 17.5 Å². The van der Waals surface area contributed by atoms with Gasteiger partial charge in [0.15, 0.2) is 6.29 Å². The van der Waals surface area contributed by atoms with E-state index in [1.165, 1.54) is 6.42 Å². The predicted octanol–water partition coefficient (Wildman–Crippen LogP) is 3.98. The lowest BCUT2D eigenvalue weighted by Crippen LogP contribution is -2.19. The Morgan fingerprint density at radius 3 is 2.31 bits per heavy atom. The lowest BCUT2D eigenvalue weighted by atomic mass is 10.1. The summed E-state index contributed by atoms with van der Waals surface area (Å²) in [4.78, 5) is 0. The second kappa shape index (κ2) is 11.3. The van der Waals surface area contributed by atoms with Crippen molar-refractivity contribution < 1.29 is 9.47 Å². The van der Waals surface area contributed by atoms with Gasteiger partial charge in [0, 0.05) is 24.2 Å². The van der Waals surface area contributed by atoms with E-state index in [4.69, 9.17) is 9.47 Å². The van der Waals surface area contributed by atoms with Gasteiger partial charge in [0.25, 0.3) is 0 Å². The van der Waals surface area contributed by atoms with Crippen molar-refractivity contribution in [3.63, 3.8) is 0 Å². The minimum absolute atomic E-state index is 0.218. The minimum Gasteiger partial charge on any atom is -0.348 e. The Morgan fingerprint density at radius 1 is 1.25 bits per heavy atom. The van der Waals surface area contributed by atoms with Crippen LogP contribution >= 0.6 is 11.8 Å². The summed E-state index contributed by atoms with van der Waals surface area (Å²) in [6.07, 6.45) is 5.14. The summed E-state index contributed by atoms with van der Waals surface area (Å²) < 4.78 is 11.2. The van der Waals surface area contributed by atoms with Crippen LogP contribution in [0, 0.1) is 0 Å². The molecule has 0 aromatic rings. The van der Waals surface area contributed by atoms with Gasteiger partial charge in [-0.25, -0.2) is 0 Å². The molecular formula is C13H24O2S. The summed E-state index contributed by atoms with van der Waals surface area (Å²) in [5.41, 5.74) is 4.40. The van der Waals surface area contributed by atoms with Crippen LogP contribution in [-0.4, -0.2) is 25.8 Å². The Bertz CT molecular complexity index is 214. The van der Waals surface area contributed by atoms with Crippen LogP contribution in [0.15, 0.2) is 16.7 Å². The van der Waals surface area contributed by atoms with E-state index < -0.39 is 0 Å². The van der Waals surface area contributed by atoms with Crippen molar-refractivity contribution in [3.8, 4) is 0 Å². The Balaban J connectivity index is 4.59. The predicted molar refractivity (Wildman–Crippen MR) is 71.7 cm³/mol. The van der Waals surface area contributed by atoms with Crippen molar-refractivity contribution in [2.75, 3.05) is 19.5 Å². The SMILES string of the molecule is CCCCC(=C=CSC)C(OCC)OCC. The van der Waals surface area contributed by atoms with E-state index in [-0.39, 0.29) is 6.29 Å². The molecule has 0 aromatic carbocycles. The van der Waals surface area contributed by atoms with E-state index in [1.807, 2.05) is 25.5 Å². The van der Waals surface area contributed by atoms with Crippen LogP contribution < -0.4 is 0 Å². The van der Waals surface area contributed by atoms with E-state index >= 15 is 0 Å². The molecule has 0 bridgehead atoms. The fraction of sp³-hybridized carbons (Fsp3) is 0.769. The van der Waals surface area contributed by atoms with Crippen molar-refractivity contribution >= 4 is 11.8 Å². The minimum atomic E-state index is -0.218. The normalized spacial score (nSPS) is 10.3. The molecular weight excluding hydrogens is 220 g/mol. The largest absolute Gasteiger partial charge is 0.348 e. The van der Waals surface area contributed by atoms with Crippen LogP contribution in [0.25, 0.3) is 0 Å². The Labute approximate surface area is 104 Å². The number of hydrogen-bond acceptors (Lipinski definition) is 3. The monoisotopic (exact) mass is 244 g/mol. The summed E-state index contributed by atoms with van der Waals surface area (Å²) in [5, 5.41) is 1.97. The van der Waals surface area contributed by atoms with Gasteiger partial charge in [0.1, 0.15) is 0 Å². The molecule has 0 aliphatic heterocycles. The first kappa shape index (κ1) is 15.8. The summed E-state index contributed by atoms with van der Waals surface area (Å²) >= 11 is 1.65. The summed E-state index contributed by atoms with van der Waals surface area (Å²) in [6.45, 7) is 7.50. The van der Waals surface area contributed by atoms with Crippen LogP contribution in [0.1, 0.15) is 40.0 Å². The van der Waals surface area contributed by atoms with Gasteiger partial charge in [-0.1, -0.05) is 13.3 Å².